The van der Waals surface area contributed by atoms with Gasteiger partial charge in [0.2, 0.25) is 0 Å². The maximum absolute atomic E-state index is 10.1. The lowest BCUT2D eigenvalue weighted by Gasteiger charge is -2.37. The fourth-order valence-corrected chi connectivity index (χ4v) is 4.08. The number of para-hydroxylation sites is 2. The maximum atomic E-state index is 10.1. The lowest BCUT2D eigenvalue weighted by molar-refractivity contribution is 0.369. The minimum atomic E-state index is 0.359. The Morgan fingerprint density at radius 3 is 2.46 bits per heavy atom. The summed E-state index contributed by atoms with van der Waals surface area (Å²) in [5.74, 6) is 2.72. The summed E-state index contributed by atoms with van der Waals surface area (Å²) in [6, 6.07) is 18.4. The van der Waals surface area contributed by atoms with Crippen molar-refractivity contribution in [2.45, 2.75) is 19.3 Å². The topological polar surface area (TPSA) is 51.1 Å². The lowest BCUT2D eigenvalue weighted by Crippen LogP contribution is -2.52. The lowest BCUT2D eigenvalue weighted by atomic mass is 10.1. The number of phenols is 1. The minimum Gasteiger partial charge on any atom is -0.506 e. The largest absolute Gasteiger partial charge is 0.506 e. The van der Waals surface area contributed by atoms with Crippen LogP contribution in [0.25, 0.3) is 0 Å². The standard InChI is InChI=1S/C23H30N4O/c1-2-24-23(25-17-19-16-20(19)18-8-4-3-5-9-18)27-14-12-26(13-15-27)21-10-6-7-11-22(21)28/h3-11,19-20,28H,2,12-17H2,1H3,(H,24,25). The molecule has 2 aromatic carbocycles. The Morgan fingerprint density at radius 2 is 1.75 bits per heavy atom. The van der Waals surface area contributed by atoms with Gasteiger partial charge in [0.25, 0.3) is 0 Å². The molecule has 1 aliphatic heterocycles. The highest BCUT2D eigenvalue weighted by atomic mass is 16.3. The number of phenolic OH excluding ortho intramolecular Hbond substituents is 1. The summed E-state index contributed by atoms with van der Waals surface area (Å²) in [6.07, 6.45) is 1.24. The first-order chi connectivity index (χ1) is 13.8. The fourth-order valence-electron chi connectivity index (χ4n) is 4.08. The first-order valence-electron chi connectivity index (χ1n) is 10.4. The number of nitrogens with one attached hydrogen (secondary N) is 1. The summed E-state index contributed by atoms with van der Waals surface area (Å²) in [5, 5.41) is 13.6. The van der Waals surface area contributed by atoms with E-state index in [9.17, 15) is 5.11 Å². The summed E-state index contributed by atoms with van der Waals surface area (Å²) in [6.45, 7) is 7.49. The van der Waals surface area contributed by atoms with Gasteiger partial charge in [-0.3, -0.25) is 4.99 Å². The molecule has 2 fully saturated rings. The summed E-state index contributed by atoms with van der Waals surface area (Å²) >= 11 is 0. The van der Waals surface area contributed by atoms with Crippen LogP contribution in [0.1, 0.15) is 24.8 Å². The molecule has 0 aromatic heterocycles. The molecule has 0 amide bonds. The second-order valence-corrected chi connectivity index (χ2v) is 7.67. The molecule has 5 heteroatoms. The van der Waals surface area contributed by atoms with Crippen LogP contribution < -0.4 is 10.2 Å². The Bertz CT molecular complexity index is 799. The first kappa shape index (κ1) is 18.7. The van der Waals surface area contributed by atoms with E-state index in [2.05, 4.69) is 52.4 Å². The monoisotopic (exact) mass is 378 g/mol. The number of guanidine groups is 1. The van der Waals surface area contributed by atoms with Crippen molar-refractivity contribution >= 4 is 11.6 Å². The van der Waals surface area contributed by atoms with Gasteiger partial charge in [0, 0.05) is 39.3 Å². The molecule has 0 spiro atoms. The summed E-state index contributed by atoms with van der Waals surface area (Å²) in [4.78, 5) is 9.55. The molecule has 4 rings (SSSR count). The second-order valence-electron chi connectivity index (χ2n) is 7.67. The molecular formula is C23H30N4O. The first-order valence-corrected chi connectivity index (χ1v) is 10.4. The molecule has 2 aliphatic rings. The molecule has 1 saturated carbocycles. The summed E-state index contributed by atoms with van der Waals surface area (Å²) < 4.78 is 0. The van der Waals surface area contributed by atoms with E-state index in [0.717, 1.165) is 50.9 Å². The summed E-state index contributed by atoms with van der Waals surface area (Å²) in [5.41, 5.74) is 2.37. The van der Waals surface area contributed by atoms with Crippen molar-refractivity contribution in [3.63, 3.8) is 0 Å². The SMILES string of the molecule is CCNC(=NCC1CC1c1ccccc1)N1CCN(c2ccccc2O)CC1. The smallest absolute Gasteiger partial charge is 0.194 e. The van der Waals surface area contributed by atoms with Gasteiger partial charge >= 0.3 is 0 Å². The minimum absolute atomic E-state index is 0.359. The Kier molecular flexibility index (Phi) is 5.70. The fraction of sp³-hybridized carbons (Fsp3) is 0.435. The molecular weight excluding hydrogens is 348 g/mol. The van der Waals surface area contributed by atoms with Crippen LogP contribution in [-0.4, -0.2) is 55.2 Å². The summed E-state index contributed by atoms with van der Waals surface area (Å²) in [7, 11) is 0. The van der Waals surface area contributed by atoms with Crippen LogP contribution in [0.5, 0.6) is 5.75 Å². The van der Waals surface area contributed by atoms with Crippen LogP contribution in [0, 0.1) is 5.92 Å². The molecule has 148 valence electrons. The number of hydrogen-bond acceptors (Lipinski definition) is 3. The molecule has 0 bridgehead atoms. The Balaban J connectivity index is 1.34. The molecule has 1 aliphatic carbocycles. The zero-order chi connectivity index (χ0) is 19.3. The van der Waals surface area contributed by atoms with Crippen LogP contribution in [0.4, 0.5) is 5.69 Å². The van der Waals surface area contributed by atoms with Crippen LogP contribution in [0.2, 0.25) is 0 Å². The van der Waals surface area contributed by atoms with Crippen LogP contribution >= 0.6 is 0 Å². The van der Waals surface area contributed by atoms with Gasteiger partial charge in [-0.25, -0.2) is 0 Å². The van der Waals surface area contributed by atoms with Crippen LogP contribution in [0.3, 0.4) is 0 Å². The molecule has 5 nitrogen and oxygen atoms in total. The second kappa shape index (κ2) is 8.55. The van der Waals surface area contributed by atoms with Gasteiger partial charge in [-0.05, 0) is 42.9 Å². The number of aliphatic imine (C=N–C) groups is 1. The van der Waals surface area contributed by atoms with Crippen molar-refractivity contribution in [2.75, 3.05) is 44.2 Å². The van der Waals surface area contributed by atoms with E-state index in [1.165, 1.54) is 12.0 Å². The van der Waals surface area contributed by atoms with Gasteiger partial charge in [0.1, 0.15) is 5.75 Å². The maximum Gasteiger partial charge on any atom is 0.194 e. The van der Waals surface area contributed by atoms with Crippen molar-refractivity contribution in [2.24, 2.45) is 10.9 Å². The van der Waals surface area contributed by atoms with E-state index in [0.29, 0.717) is 17.6 Å². The van der Waals surface area contributed by atoms with Crippen LogP contribution in [0.15, 0.2) is 59.6 Å². The highest BCUT2D eigenvalue weighted by molar-refractivity contribution is 5.80. The number of benzene rings is 2. The van der Waals surface area contributed by atoms with Gasteiger partial charge in [0.05, 0.1) is 5.69 Å². The van der Waals surface area contributed by atoms with Gasteiger partial charge in [-0.15, -0.1) is 0 Å². The number of rotatable bonds is 5. The average Bonchev–Trinajstić information content (AvgIpc) is 3.52. The van der Waals surface area contributed by atoms with E-state index in [1.54, 1.807) is 6.07 Å². The normalized spacial score (nSPS) is 22.2. The zero-order valence-corrected chi connectivity index (χ0v) is 16.6. The molecule has 2 N–H and O–H groups in total. The zero-order valence-electron chi connectivity index (χ0n) is 16.6. The molecule has 1 heterocycles. The molecule has 0 radical (unpaired) electrons. The number of aromatic hydroxyl groups is 1. The van der Waals surface area contributed by atoms with Crippen LogP contribution in [-0.2, 0) is 0 Å². The van der Waals surface area contributed by atoms with E-state index in [1.807, 2.05) is 18.2 Å². The van der Waals surface area contributed by atoms with E-state index in [-0.39, 0.29) is 0 Å². The van der Waals surface area contributed by atoms with Gasteiger partial charge in [-0.2, -0.15) is 0 Å². The van der Waals surface area contributed by atoms with Gasteiger partial charge in [-0.1, -0.05) is 42.5 Å². The molecule has 2 unspecified atom stereocenters. The molecule has 2 atom stereocenters. The van der Waals surface area contributed by atoms with Crippen molar-refractivity contribution in [1.82, 2.24) is 10.2 Å². The molecule has 1 saturated heterocycles. The third-order valence-corrected chi connectivity index (χ3v) is 5.76. The predicted octanol–water partition coefficient (Wildman–Crippen LogP) is 3.28. The Morgan fingerprint density at radius 1 is 1.04 bits per heavy atom. The molecule has 28 heavy (non-hydrogen) atoms. The molecule has 2 aromatic rings. The average molecular weight is 379 g/mol. The Hall–Kier alpha value is -2.69. The van der Waals surface area contributed by atoms with E-state index in [4.69, 9.17) is 4.99 Å². The quantitative estimate of drug-likeness (QED) is 0.619. The van der Waals surface area contributed by atoms with Gasteiger partial charge in [0.15, 0.2) is 5.96 Å². The highest BCUT2D eigenvalue weighted by Gasteiger charge is 2.38. The Labute approximate surface area is 167 Å². The number of nitrogens with zero attached hydrogens (tertiary/aromatic N) is 3. The number of hydrogen-bond donors (Lipinski definition) is 2. The van der Waals surface area contributed by atoms with E-state index >= 15 is 0 Å². The van der Waals surface area contributed by atoms with E-state index < -0.39 is 0 Å². The van der Waals surface area contributed by atoms with Crippen molar-refractivity contribution < 1.29 is 5.11 Å². The van der Waals surface area contributed by atoms with Gasteiger partial charge < -0.3 is 20.2 Å². The predicted molar refractivity (Wildman–Crippen MR) is 115 cm³/mol. The third-order valence-electron chi connectivity index (χ3n) is 5.76. The number of anilines is 1. The van der Waals surface area contributed by atoms with Crippen molar-refractivity contribution in [1.29, 1.82) is 0 Å². The highest BCUT2D eigenvalue weighted by Crippen LogP contribution is 2.47. The van der Waals surface area contributed by atoms with Crippen molar-refractivity contribution in [3.8, 4) is 5.75 Å². The third kappa shape index (κ3) is 4.24. The van der Waals surface area contributed by atoms with Crippen molar-refractivity contribution in [3.05, 3.63) is 60.2 Å². The number of piperazine rings is 1.